The van der Waals surface area contributed by atoms with E-state index < -0.39 is 24.5 Å². The zero-order valence-electron chi connectivity index (χ0n) is 7.60. The van der Waals surface area contributed by atoms with Crippen LogP contribution in [0.1, 0.15) is 13.8 Å². The van der Waals surface area contributed by atoms with Crippen molar-refractivity contribution in [2.45, 2.75) is 32.3 Å². The molecular formula is C8H14O5. The molecule has 0 aliphatic rings. The molecule has 0 heterocycles. The highest BCUT2D eigenvalue weighted by Crippen LogP contribution is 2.05. The lowest BCUT2D eigenvalue weighted by Crippen LogP contribution is -2.38. The van der Waals surface area contributed by atoms with E-state index >= 15 is 0 Å². The Labute approximate surface area is 76.3 Å². The summed E-state index contributed by atoms with van der Waals surface area (Å²) in [7, 11) is 0. The van der Waals surface area contributed by atoms with Crippen molar-refractivity contribution in [1.29, 1.82) is 0 Å². The summed E-state index contributed by atoms with van der Waals surface area (Å²) in [4.78, 5) is 10.9. The SMILES string of the molecule is C=C(C)C(=O)OC(C)C(O)C(O)O. The highest BCUT2D eigenvalue weighted by atomic mass is 16.6. The van der Waals surface area contributed by atoms with Crippen molar-refractivity contribution in [3.05, 3.63) is 12.2 Å². The van der Waals surface area contributed by atoms with Gasteiger partial charge < -0.3 is 20.1 Å². The maximum atomic E-state index is 10.9. The van der Waals surface area contributed by atoms with E-state index in [2.05, 4.69) is 11.3 Å². The fourth-order valence-corrected chi connectivity index (χ4v) is 0.582. The Hall–Kier alpha value is -0.910. The number of carbonyl (C=O) groups is 1. The number of carbonyl (C=O) groups excluding carboxylic acids is 1. The number of esters is 1. The van der Waals surface area contributed by atoms with Crippen molar-refractivity contribution in [3.8, 4) is 0 Å². The molecule has 0 spiro atoms. The van der Waals surface area contributed by atoms with Crippen molar-refractivity contribution >= 4 is 5.97 Å². The minimum Gasteiger partial charge on any atom is -0.456 e. The predicted molar refractivity (Wildman–Crippen MR) is 44.6 cm³/mol. The average molecular weight is 190 g/mol. The fraction of sp³-hybridized carbons (Fsp3) is 0.625. The van der Waals surface area contributed by atoms with E-state index in [4.69, 9.17) is 15.3 Å². The molecule has 0 bridgehead atoms. The van der Waals surface area contributed by atoms with Crippen molar-refractivity contribution in [3.63, 3.8) is 0 Å². The van der Waals surface area contributed by atoms with Gasteiger partial charge in [-0.05, 0) is 13.8 Å². The Bertz CT molecular complexity index is 199. The van der Waals surface area contributed by atoms with Gasteiger partial charge >= 0.3 is 5.97 Å². The van der Waals surface area contributed by atoms with E-state index in [1.54, 1.807) is 0 Å². The van der Waals surface area contributed by atoms with Gasteiger partial charge in [-0.2, -0.15) is 0 Å². The summed E-state index contributed by atoms with van der Waals surface area (Å²) in [6.07, 6.45) is -4.42. The number of aliphatic hydroxyl groups is 3. The molecule has 0 saturated heterocycles. The molecule has 3 N–H and O–H groups in total. The van der Waals surface area contributed by atoms with Gasteiger partial charge in [0, 0.05) is 5.57 Å². The zero-order valence-corrected chi connectivity index (χ0v) is 7.60. The molecular weight excluding hydrogens is 176 g/mol. The van der Waals surface area contributed by atoms with E-state index in [9.17, 15) is 4.79 Å². The minimum absolute atomic E-state index is 0.187. The first-order valence-electron chi connectivity index (χ1n) is 3.77. The van der Waals surface area contributed by atoms with E-state index in [1.165, 1.54) is 13.8 Å². The van der Waals surface area contributed by atoms with Crippen molar-refractivity contribution in [2.75, 3.05) is 0 Å². The van der Waals surface area contributed by atoms with Crippen molar-refractivity contribution in [2.24, 2.45) is 0 Å². The molecule has 2 unspecified atom stereocenters. The van der Waals surface area contributed by atoms with Crippen LogP contribution < -0.4 is 0 Å². The molecule has 76 valence electrons. The van der Waals surface area contributed by atoms with E-state index in [0.717, 1.165) is 0 Å². The fourth-order valence-electron chi connectivity index (χ4n) is 0.582. The molecule has 0 aromatic heterocycles. The van der Waals surface area contributed by atoms with Crippen LogP contribution in [0.4, 0.5) is 0 Å². The lowest BCUT2D eigenvalue weighted by atomic mass is 10.2. The van der Waals surface area contributed by atoms with Crippen molar-refractivity contribution < 1.29 is 24.9 Å². The van der Waals surface area contributed by atoms with Crippen LogP contribution in [0.5, 0.6) is 0 Å². The summed E-state index contributed by atoms with van der Waals surface area (Å²) >= 11 is 0. The second-order valence-corrected chi connectivity index (χ2v) is 2.79. The quantitative estimate of drug-likeness (QED) is 0.306. The summed E-state index contributed by atoms with van der Waals surface area (Å²) < 4.78 is 4.63. The topological polar surface area (TPSA) is 87.0 Å². The van der Waals surface area contributed by atoms with Crippen LogP contribution in [0.15, 0.2) is 12.2 Å². The molecule has 0 saturated carbocycles. The van der Waals surface area contributed by atoms with Crippen LogP contribution in [0.25, 0.3) is 0 Å². The third kappa shape index (κ3) is 4.02. The van der Waals surface area contributed by atoms with Crippen LogP contribution in [0.3, 0.4) is 0 Å². The molecule has 0 rings (SSSR count). The smallest absolute Gasteiger partial charge is 0.333 e. The average Bonchev–Trinajstić information content (AvgIpc) is 2.02. The van der Waals surface area contributed by atoms with Gasteiger partial charge in [0.05, 0.1) is 0 Å². The van der Waals surface area contributed by atoms with Gasteiger partial charge in [0.25, 0.3) is 0 Å². The Balaban J connectivity index is 4.07. The molecule has 0 aliphatic carbocycles. The number of ether oxygens (including phenoxy) is 1. The van der Waals surface area contributed by atoms with Gasteiger partial charge in [-0.3, -0.25) is 0 Å². The summed E-state index contributed by atoms with van der Waals surface area (Å²) in [6.45, 7) is 6.14. The summed E-state index contributed by atoms with van der Waals surface area (Å²) in [5.74, 6) is -0.674. The first-order valence-corrected chi connectivity index (χ1v) is 3.77. The maximum Gasteiger partial charge on any atom is 0.333 e. The van der Waals surface area contributed by atoms with Crippen molar-refractivity contribution in [1.82, 2.24) is 0 Å². The Kier molecular flexibility index (Phi) is 4.61. The predicted octanol–water partition coefficient (Wildman–Crippen LogP) is -0.834. The second kappa shape index (κ2) is 4.96. The monoisotopic (exact) mass is 190 g/mol. The van der Waals surface area contributed by atoms with E-state index in [0.29, 0.717) is 0 Å². The highest BCUT2D eigenvalue weighted by molar-refractivity contribution is 5.87. The Morgan fingerprint density at radius 2 is 1.85 bits per heavy atom. The third-order valence-corrected chi connectivity index (χ3v) is 1.43. The number of aliphatic hydroxyl groups excluding tert-OH is 2. The van der Waals surface area contributed by atoms with Crippen LogP contribution in [-0.2, 0) is 9.53 Å². The third-order valence-electron chi connectivity index (χ3n) is 1.43. The molecule has 0 amide bonds. The molecule has 0 aromatic carbocycles. The van der Waals surface area contributed by atoms with Crippen LogP contribution >= 0.6 is 0 Å². The Morgan fingerprint density at radius 1 is 1.38 bits per heavy atom. The summed E-state index contributed by atoms with van der Waals surface area (Å²) in [5.41, 5.74) is 0.187. The zero-order chi connectivity index (χ0) is 10.6. The van der Waals surface area contributed by atoms with E-state index in [-0.39, 0.29) is 5.57 Å². The number of rotatable bonds is 4. The Morgan fingerprint density at radius 3 is 2.15 bits per heavy atom. The second-order valence-electron chi connectivity index (χ2n) is 2.79. The molecule has 0 radical (unpaired) electrons. The lowest BCUT2D eigenvalue weighted by molar-refractivity contribution is -0.175. The largest absolute Gasteiger partial charge is 0.456 e. The lowest BCUT2D eigenvalue weighted by Gasteiger charge is -2.20. The highest BCUT2D eigenvalue weighted by Gasteiger charge is 2.24. The molecule has 13 heavy (non-hydrogen) atoms. The van der Waals surface area contributed by atoms with Gasteiger partial charge in [-0.15, -0.1) is 0 Å². The maximum absolute atomic E-state index is 10.9. The molecule has 5 nitrogen and oxygen atoms in total. The van der Waals surface area contributed by atoms with Gasteiger partial charge in [-0.25, -0.2) is 4.79 Å². The van der Waals surface area contributed by atoms with Crippen LogP contribution in [0, 0.1) is 0 Å². The first-order chi connectivity index (χ1) is 5.86. The number of hydrogen-bond acceptors (Lipinski definition) is 5. The van der Waals surface area contributed by atoms with Gasteiger partial charge in [0.1, 0.15) is 12.2 Å². The molecule has 2 atom stereocenters. The summed E-state index contributed by atoms with van der Waals surface area (Å²) in [6, 6.07) is 0. The number of hydrogen-bond donors (Lipinski definition) is 3. The molecule has 5 heteroatoms. The summed E-state index contributed by atoms with van der Waals surface area (Å²) in [5, 5.41) is 26.1. The van der Waals surface area contributed by atoms with E-state index in [1.807, 2.05) is 0 Å². The molecule has 0 fully saturated rings. The van der Waals surface area contributed by atoms with Gasteiger partial charge in [0.15, 0.2) is 6.29 Å². The normalized spacial score (nSPS) is 15.2. The standard InChI is InChI=1S/C8H14O5/c1-4(2)8(12)13-5(3)6(9)7(10)11/h5-7,9-11H,1H2,2-3H3. The van der Waals surface area contributed by atoms with Crippen LogP contribution in [0.2, 0.25) is 0 Å². The van der Waals surface area contributed by atoms with Gasteiger partial charge in [0.2, 0.25) is 0 Å². The first kappa shape index (κ1) is 12.1. The minimum atomic E-state index is -1.92. The van der Waals surface area contributed by atoms with Crippen LogP contribution in [-0.4, -0.2) is 39.8 Å². The van der Waals surface area contributed by atoms with Gasteiger partial charge in [-0.1, -0.05) is 6.58 Å². The molecule has 0 aliphatic heterocycles. The molecule has 0 aromatic rings.